The second-order valence-electron chi connectivity index (χ2n) is 9.43. The third-order valence-electron chi connectivity index (χ3n) is 6.91. The number of carbonyl (C=O) groups excluding carboxylic acids is 1. The van der Waals surface area contributed by atoms with Gasteiger partial charge in [0.1, 0.15) is 0 Å². The highest BCUT2D eigenvalue weighted by Gasteiger charge is 2.55. The Kier molecular flexibility index (Phi) is 5.54. The largest absolute Gasteiger partial charge is 0.469 e. The van der Waals surface area contributed by atoms with Gasteiger partial charge in [-0.15, -0.1) is 0 Å². The lowest BCUT2D eigenvalue weighted by atomic mass is 9.47. The summed E-state index contributed by atoms with van der Waals surface area (Å²) < 4.78 is 4.79. The first-order valence-corrected chi connectivity index (χ1v) is 9.51. The standard InChI is InChI=1S/C21H36O3/c1-15(14-18(22)24-6)8-9-17-20(4)12-7-11-19(2,3)16(20)10-13-21(17,5)23/h10,13,15-17,23H,7-9,11-12,14H2,1-6H3. The van der Waals surface area contributed by atoms with Crippen molar-refractivity contribution in [1.82, 2.24) is 0 Å². The summed E-state index contributed by atoms with van der Waals surface area (Å²) in [5, 5.41) is 11.1. The minimum Gasteiger partial charge on any atom is -0.469 e. The van der Waals surface area contributed by atoms with Gasteiger partial charge < -0.3 is 9.84 Å². The monoisotopic (exact) mass is 336 g/mol. The molecule has 2 aliphatic carbocycles. The fourth-order valence-electron chi connectivity index (χ4n) is 5.62. The Balaban J connectivity index is 2.17. The van der Waals surface area contributed by atoms with E-state index in [1.54, 1.807) is 0 Å². The van der Waals surface area contributed by atoms with E-state index in [0.717, 1.165) is 12.8 Å². The number of carbonyl (C=O) groups is 1. The van der Waals surface area contributed by atoms with Crippen LogP contribution in [0.15, 0.2) is 12.2 Å². The van der Waals surface area contributed by atoms with Gasteiger partial charge in [0.05, 0.1) is 12.7 Å². The van der Waals surface area contributed by atoms with E-state index < -0.39 is 5.60 Å². The molecule has 5 unspecified atom stereocenters. The van der Waals surface area contributed by atoms with E-state index in [-0.39, 0.29) is 28.6 Å². The SMILES string of the molecule is COC(=O)CC(C)CCC1C(C)(O)C=CC2C(C)(C)CCCC12C. The van der Waals surface area contributed by atoms with E-state index in [0.29, 0.717) is 12.3 Å². The molecule has 2 aliphatic rings. The number of esters is 1. The number of hydrogen-bond acceptors (Lipinski definition) is 3. The van der Waals surface area contributed by atoms with Crippen molar-refractivity contribution < 1.29 is 14.6 Å². The molecule has 0 spiro atoms. The number of ether oxygens (including phenoxy) is 1. The van der Waals surface area contributed by atoms with Gasteiger partial charge in [-0.1, -0.05) is 46.3 Å². The molecule has 0 radical (unpaired) electrons. The fourth-order valence-corrected chi connectivity index (χ4v) is 5.62. The number of allylic oxidation sites excluding steroid dienone is 1. The first kappa shape index (κ1) is 19.5. The molecule has 1 fully saturated rings. The van der Waals surface area contributed by atoms with E-state index >= 15 is 0 Å². The van der Waals surface area contributed by atoms with Crippen molar-refractivity contribution in [2.75, 3.05) is 7.11 Å². The van der Waals surface area contributed by atoms with Crippen LogP contribution in [0.5, 0.6) is 0 Å². The lowest BCUT2D eigenvalue weighted by molar-refractivity contribution is -0.141. The molecule has 0 aliphatic heterocycles. The molecule has 0 saturated heterocycles. The third kappa shape index (κ3) is 3.71. The highest BCUT2D eigenvalue weighted by atomic mass is 16.5. The van der Waals surface area contributed by atoms with Crippen molar-refractivity contribution in [1.29, 1.82) is 0 Å². The maximum atomic E-state index is 11.5. The minimum atomic E-state index is -0.760. The second-order valence-corrected chi connectivity index (χ2v) is 9.43. The van der Waals surface area contributed by atoms with Gasteiger partial charge in [0, 0.05) is 6.42 Å². The summed E-state index contributed by atoms with van der Waals surface area (Å²) in [7, 11) is 1.45. The molecule has 1 N–H and O–H groups in total. The van der Waals surface area contributed by atoms with E-state index in [1.165, 1.54) is 26.4 Å². The van der Waals surface area contributed by atoms with Crippen molar-refractivity contribution in [3.05, 3.63) is 12.2 Å². The predicted octanol–water partition coefficient (Wildman–Crippen LogP) is 4.74. The number of hydrogen-bond donors (Lipinski definition) is 1. The summed E-state index contributed by atoms with van der Waals surface area (Å²) in [5.41, 5.74) is -0.343. The Hall–Kier alpha value is -0.830. The average molecular weight is 337 g/mol. The van der Waals surface area contributed by atoms with Crippen LogP contribution in [0.3, 0.4) is 0 Å². The molecule has 5 atom stereocenters. The van der Waals surface area contributed by atoms with Crippen molar-refractivity contribution >= 4 is 5.97 Å². The highest BCUT2D eigenvalue weighted by molar-refractivity contribution is 5.69. The Morgan fingerprint density at radius 3 is 2.58 bits per heavy atom. The Morgan fingerprint density at radius 2 is 1.96 bits per heavy atom. The lowest BCUT2D eigenvalue weighted by Crippen LogP contribution is -2.55. The van der Waals surface area contributed by atoms with Crippen LogP contribution in [0, 0.1) is 28.6 Å². The molecule has 0 aromatic rings. The smallest absolute Gasteiger partial charge is 0.305 e. The number of methoxy groups -OCH3 is 1. The fraction of sp³-hybridized carbons (Fsp3) is 0.857. The first-order chi connectivity index (χ1) is 11.0. The van der Waals surface area contributed by atoms with Crippen LogP contribution in [0.4, 0.5) is 0 Å². The summed E-state index contributed by atoms with van der Waals surface area (Å²) in [6.45, 7) is 11.2. The molecule has 0 aromatic carbocycles. The van der Waals surface area contributed by atoms with Crippen molar-refractivity contribution in [2.24, 2.45) is 28.6 Å². The summed E-state index contributed by atoms with van der Waals surface area (Å²) >= 11 is 0. The van der Waals surface area contributed by atoms with Crippen LogP contribution < -0.4 is 0 Å². The minimum absolute atomic E-state index is 0.130. The zero-order valence-corrected chi connectivity index (χ0v) is 16.4. The summed E-state index contributed by atoms with van der Waals surface area (Å²) in [4.78, 5) is 11.5. The van der Waals surface area contributed by atoms with Crippen LogP contribution >= 0.6 is 0 Å². The molecule has 0 amide bonds. The molecule has 138 valence electrons. The highest BCUT2D eigenvalue weighted by Crippen LogP contribution is 2.60. The number of rotatable bonds is 5. The van der Waals surface area contributed by atoms with Crippen molar-refractivity contribution in [3.63, 3.8) is 0 Å². The van der Waals surface area contributed by atoms with E-state index in [9.17, 15) is 9.90 Å². The topological polar surface area (TPSA) is 46.5 Å². The lowest BCUT2D eigenvalue weighted by Gasteiger charge is -2.58. The van der Waals surface area contributed by atoms with Gasteiger partial charge in [0.25, 0.3) is 0 Å². The van der Waals surface area contributed by atoms with Gasteiger partial charge in [0.15, 0.2) is 0 Å². The maximum absolute atomic E-state index is 11.5. The normalized spacial score (nSPS) is 39.1. The third-order valence-corrected chi connectivity index (χ3v) is 6.91. The average Bonchev–Trinajstić information content (AvgIpc) is 2.44. The molecule has 1 saturated carbocycles. The summed E-state index contributed by atoms with van der Waals surface area (Å²) in [6, 6.07) is 0. The first-order valence-electron chi connectivity index (χ1n) is 9.51. The molecular formula is C21H36O3. The van der Waals surface area contributed by atoms with E-state index in [2.05, 4.69) is 33.8 Å². The quantitative estimate of drug-likeness (QED) is 0.583. The van der Waals surface area contributed by atoms with Crippen LogP contribution in [0.25, 0.3) is 0 Å². The zero-order chi connectivity index (χ0) is 18.2. The van der Waals surface area contributed by atoms with Crippen molar-refractivity contribution in [2.45, 2.75) is 78.7 Å². The summed E-state index contributed by atoms with van der Waals surface area (Å²) in [6.07, 6.45) is 10.4. The number of fused-ring (bicyclic) bond motifs is 1. The van der Waals surface area contributed by atoms with Crippen LogP contribution in [-0.2, 0) is 9.53 Å². The second kappa shape index (κ2) is 6.82. The molecule has 0 heterocycles. The predicted molar refractivity (Wildman–Crippen MR) is 97.5 cm³/mol. The molecule has 3 heteroatoms. The van der Waals surface area contributed by atoms with Crippen molar-refractivity contribution in [3.8, 4) is 0 Å². The Bertz CT molecular complexity index is 491. The van der Waals surface area contributed by atoms with Crippen LogP contribution in [0.1, 0.15) is 73.1 Å². The molecule has 0 aromatic heterocycles. The van der Waals surface area contributed by atoms with Gasteiger partial charge in [-0.25, -0.2) is 0 Å². The van der Waals surface area contributed by atoms with E-state index in [4.69, 9.17) is 4.74 Å². The molecular weight excluding hydrogens is 300 g/mol. The van der Waals surface area contributed by atoms with E-state index in [1.807, 2.05) is 13.0 Å². The molecule has 24 heavy (non-hydrogen) atoms. The van der Waals surface area contributed by atoms with Gasteiger partial charge in [0.2, 0.25) is 0 Å². The van der Waals surface area contributed by atoms with Gasteiger partial charge in [-0.05, 0) is 61.2 Å². The Labute approximate surface area is 147 Å². The van der Waals surface area contributed by atoms with Gasteiger partial charge in [-0.2, -0.15) is 0 Å². The zero-order valence-electron chi connectivity index (χ0n) is 16.4. The van der Waals surface area contributed by atoms with Gasteiger partial charge in [-0.3, -0.25) is 4.79 Å². The van der Waals surface area contributed by atoms with Crippen LogP contribution in [-0.4, -0.2) is 23.8 Å². The van der Waals surface area contributed by atoms with Gasteiger partial charge >= 0.3 is 5.97 Å². The maximum Gasteiger partial charge on any atom is 0.305 e. The molecule has 3 nitrogen and oxygen atoms in total. The number of aliphatic hydroxyl groups is 1. The Morgan fingerprint density at radius 1 is 1.29 bits per heavy atom. The molecule has 2 rings (SSSR count). The van der Waals surface area contributed by atoms with Crippen LogP contribution in [0.2, 0.25) is 0 Å². The molecule has 0 bridgehead atoms. The summed E-state index contributed by atoms with van der Waals surface area (Å²) in [5.74, 6) is 0.901.